The van der Waals surface area contributed by atoms with Crippen molar-refractivity contribution in [3.63, 3.8) is 0 Å². The smallest absolute Gasteiger partial charge is 0.293 e. The number of para-hydroxylation sites is 1. The molecule has 3 N–H and O–H groups in total. The van der Waals surface area contributed by atoms with Crippen LogP contribution in [0.25, 0.3) is 22.0 Å². The van der Waals surface area contributed by atoms with Gasteiger partial charge in [-0.25, -0.2) is 4.98 Å². The van der Waals surface area contributed by atoms with Crippen molar-refractivity contribution in [3.8, 4) is 11.1 Å². The lowest BCUT2D eigenvalue weighted by Gasteiger charge is -2.00. The standard InChI is InChI=1S/C13H10N4O2/c14-12-6-8(4-5-15-12)10-7-16-13-9(10)2-1-3-11(13)17(18)19/h1-7,16H,(H2,14,15). The van der Waals surface area contributed by atoms with Gasteiger partial charge in [-0.3, -0.25) is 10.1 Å². The van der Waals surface area contributed by atoms with Crippen LogP contribution in [0, 0.1) is 10.1 Å². The Morgan fingerprint density at radius 1 is 1.32 bits per heavy atom. The third kappa shape index (κ3) is 1.79. The van der Waals surface area contributed by atoms with Gasteiger partial charge in [0.25, 0.3) is 5.69 Å². The maximum atomic E-state index is 11.0. The monoisotopic (exact) mass is 254 g/mol. The van der Waals surface area contributed by atoms with Crippen molar-refractivity contribution in [3.05, 3.63) is 52.8 Å². The molecular formula is C13H10N4O2. The number of nitro groups is 1. The normalized spacial score (nSPS) is 10.7. The van der Waals surface area contributed by atoms with Gasteiger partial charge in [-0.1, -0.05) is 12.1 Å². The van der Waals surface area contributed by atoms with E-state index in [0.29, 0.717) is 11.3 Å². The molecular weight excluding hydrogens is 244 g/mol. The summed E-state index contributed by atoms with van der Waals surface area (Å²) in [6.07, 6.45) is 3.35. The van der Waals surface area contributed by atoms with E-state index in [1.54, 1.807) is 24.5 Å². The Hall–Kier alpha value is -2.89. The van der Waals surface area contributed by atoms with E-state index >= 15 is 0 Å². The van der Waals surface area contributed by atoms with E-state index in [1.165, 1.54) is 6.07 Å². The van der Waals surface area contributed by atoms with Crippen molar-refractivity contribution in [2.45, 2.75) is 0 Å². The summed E-state index contributed by atoms with van der Waals surface area (Å²) in [5, 5.41) is 11.8. The van der Waals surface area contributed by atoms with Crippen LogP contribution in [0.3, 0.4) is 0 Å². The van der Waals surface area contributed by atoms with Crippen LogP contribution < -0.4 is 5.73 Å². The van der Waals surface area contributed by atoms with Gasteiger partial charge in [0.15, 0.2) is 0 Å². The van der Waals surface area contributed by atoms with E-state index < -0.39 is 4.92 Å². The molecule has 0 bridgehead atoms. The van der Waals surface area contributed by atoms with Gasteiger partial charge >= 0.3 is 0 Å². The minimum atomic E-state index is -0.399. The number of nitrogen functional groups attached to an aromatic ring is 1. The number of rotatable bonds is 2. The Morgan fingerprint density at radius 3 is 2.89 bits per heavy atom. The van der Waals surface area contributed by atoms with Crippen LogP contribution in [0.4, 0.5) is 11.5 Å². The predicted octanol–water partition coefficient (Wildman–Crippen LogP) is 2.72. The first kappa shape index (κ1) is 11.2. The quantitative estimate of drug-likeness (QED) is 0.542. The Labute approximate surface area is 108 Å². The molecule has 19 heavy (non-hydrogen) atoms. The van der Waals surface area contributed by atoms with E-state index in [0.717, 1.165) is 16.5 Å². The molecule has 0 spiro atoms. The molecule has 0 saturated carbocycles. The number of benzene rings is 1. The summed E-state index contributed by atoms with van der Waals surface area (Å²) in [6.45, 7) is 0. The number of nitrogens with zero attached hydrogens (tertiary/aromatic N) is 2. The fourth-order valence-corrected chi connectivity index (χ4v) is 2.15. The number of hydrogen-bond acceptors (Lipinski definition) is 4. The zero-order chi connectivity index (χ0) is 13.4. The van der Waals surface area contributed by atoms with Crippen LogP contribution in [0.2, 0.25) is 0 Å². The number of nitro benzene ring substituents is 1. The second-order valence-electron chi connectivity index (χ2n) is 4.13. The van der Waals surface area contributed by atoms with Gasteiger partial charge < -0.3 is 10.7 Å². The zero-order valence-electron chi connectivity index (χ0n) is 9.83. The molecule has 0 aliphatic carbocycles. The van der Waals surface area contributed by atoms with Gasteiger partial charge in [0.2, 0.25) is 0 Å². The number of anilines is 1. The molecule has 6 heteroatoms. The van der Waals surface area contributed by atoms with Crippen LogP contribution >= 0.6 is 0 Å². The molecule has 0 fully saturated rings. The lowest BCUT2D eigenvalue weighted by molar-refractivity contribution is -0.383. The van der Waals surface area contributed by atoms with Gasteiger partial charge in [0, 0.05) is 29.4 Å². The summed E-state index contributed by atoms with van der Waals surface area (Å²) in [6, 6.07) is 8.54. The predicted molar refractivity (Wildman–Crippen MR) is 72.6 cm³/mol. The minimum Gasteiger partial charge on any atom is -0.384 e. The van der Waals surface area contributed by atoms with Gasteiger partial charge in [0.1, 0.15) is 11.3 Å². The lowest BCUT2D eigenvalue weighted by atomic mass is 10.1. The molecule has 1 aromatic carbocycles. The fourth-order valence-electron chi connectivity index (χ4n) is 2.15. The van der Waals surface area contributed by atoms with Gasteiger partial charge in [-0.2, -0.15) is 0 Å². The van der Waals surface area contributed by atoms with Crippen LogP contribution in [0.5, 0.6) is 0 Å². The van der Waals surface area contributed by atoms with Crippen molar-refractivity contribution in [1.82, 2.24) is 9.97 Å². The second kappa shape index (κ2) is 4.09. The minimum absolute atomic E-state index is 0.0609. The van der Waals surface area contributed by atoms with Crippen LogP contribution in [0.15, 0.2) is 42.7 Å². The van der Waals surface area contributed by atoms with Gasteiger partial charge in [0.05, 0.1) is 4.92 Å². The van der Waals surface area contributed by atoms with Crippen LogP contribution in [-0.4, -0.2) is 14.9 Å². The number of pyridine rings is 1. The first-order valence-corrected chi connectivity index (χ1v) is 5.63. The number of H-pyrrole nitrogens is 1. The van der Waals surface area contributed by atoms with E-state index in [4.69, 9.17) is 5.73 Å². The topological polar surface area (TPSA) is 97.8 Å². The lowest BCUT2D eigenvalue weighted by Crippen LogP contribution is -1.89. The van der Waals surface area contributed by atoms with Gasteiger partial charge in [-0.15, -0.1) is 0 Å². The molecule has 0 aliphatic heterocycles. The Kier molecular flexibility index (Phi) is 2.42. The van der Waals surface area contributed by atoms with Crippen molar-refractivity contribution in [2.24, 2.45) is 0 Å². The van der Waals surface area contributed by atoms with Crippen LogP contribution in [-0.2, 0) is 0 Å². The SMILES string of the molecule is Nc1cc(-c2c[nH]c3c([N+](=O)[O-])cccc23)ccn1. The highest BCUT2D eigenvalue weighted by Gasteiger charge is 2.15. The molecule has 0 aliphatic rings. The Morgan fingerprint density at radius 2 is 2.16 bits per heavy atom. The highest BCUT2D eigenvalue weighted by molar-refractivity contribution is 6.00. The Balaban J connectivity index is 2.27. The summed E-state index contributed by atoms with van der Waals surface area (Å²) in [7, 11) is 0. The molecule has 3 rings (SSSR count). The fraction of sp³-hybridized carbons (Fsp3) is 0. The van der Waals surface area contributed by atoms with Crippen molar-refractivity contribution in [2.75, 3.05) is 5.73 Å². The zero-order valence-corrected chi connectivity index (χ0v) is 9.83. The van der Waals surface area contributed by atoms with Crippen LogP contribution in [0.1, 0.15) is 0 Å². The number of hydrogen-bond donors (Lipinski definition) is 2. The summed E-state index contributed by atoms with van der Waals surface area (Å²) < 4.78 is 0. The molecule has 0 atom stereocenters. The molecule has 94 valence electrons. The molecule has 2 aromatic heterocycles. The van der Waals surface area contributed by atoms with Crippen molar-refractivity contribution >= 4 is 22.4 Å². The number of nitrogens with two attached hydrogens (primary N) is 1. The maximum absolute atomic E-state index is 11.0. The highest BCUT2D eigenvalue weighted by Crippen LogP contribution is 2.33. The number of aromatic nitrogens is 2. The summed E-state index contributed by atoms with van der Waals surface area (Å²) in [5.41, 5.74) is 7.97. The number of aromatic amines is 1. The Bertz CT molecular complexity index is 779. The average molecular weight is 254 g/mol. The van der Waals surface area contributed by atoms with Crippen molar-refractivity contribution in [1.29, 1.82) is 0 Å². The number of fused-ring (bicyclic) bond motifs is 1. The maximum Gasteiger partial charge on any atom is 0.293 e. The average Bonchev–Trinajstić information content (AvgIpc) is 2.82. The van der Waals surface area contributed by atoms with E-state index in [1.807, 2.05) is 12.1 Å². The molecule has 0 amide bonds. The van der Waals surface area contributed by atoms with Gasteiger partial charge in [-0.05, 0) is 17.7 Å². The third-order valence-corrected chi connectivity index (χ3v) is 2.98. The second-order valence-corrected chi connectivity index (χ2v) is 4.13. The largest absolute Gasteiger partial charge is 0.384 e. The summed E-state index contributed by atoms with van der Waals surface area (Å²) >= 11 is 0. The molecule has 6 nitrogen and oxygen atoms in total. The molecule has 3 aromatic rings. The summed E-state index contributed by atoms with van der Waals surface area (Å²) in [4.78, 5) is 17.5. The molecule has 2 heterocycles. The first-order valence-electron chi connectivity index (χ1n) is 5.63. The van der Waals surface area contributed by atoms with Crippen molar-refractivity contribution < 1.29 is 4.92 Å². The first-order chi connectivity index (χ1) is 9.16. The summed E-state index contributed by atoms with van der Waals surface area (Å²) in [5.74, 6) is 0.414. The number of non-ortho nitro benzene ring substituents is 1. The van der Waals surface area contributed by atoms with E-state index in [9.17, 15) is 10.1 Å². The molecule has 0 unspecified atom stereocenters. The number of nitrogens with one attached hydrogen (secondary N) is 1. The molecule has 0 saturated heterocycles. The highest BCUT2D eigenvalue weighted by atomic mass is 16.6. The van der Waals surface area contributed by atoms with E-state index in [2.05, 4.69) is 9.97 Å². The third-order valence-electron chi connectivity index (χ3n) is 2.98. The molecule has 0 radical (unpaired) electrons. The van der Waals surface area contributed by atoms with E-state index in [-0.39, 0.29) is 5.69 Å².